The van der Waals surface area contributed by atoms with E-state index >= 15 is 0 Å². The van der Waals surface area contributed by atoms with Crippen molar-refractivity contribution in [1.29, 1.82) is 0 Å². The summed E-state index contributed by atoms with van der Waals surface area (Å²) in [4.78, 5) is 22.2. The molecule has 200 valence electrons. The Morgan fingerprint density at radius 1 is 0.921 bits per heavy atom. The summed E-state index contributed by atoms with van der Waals surface area (Å²) in [5, 5.41) is 0.568. The molecule has 8 nitrogen and oxygen atoms in total. The Labute approximate surface area is 228 Å². The molecule has 0 radical (unpaired) electrons. The second-order valence-electron chi connectivity index (χ2n) is 9.06. The summed E-state index contributed by atoms with van der Waals surface area (Å²) in [7, 11) is 1.71. The van der Waals surface area contributed by atoms with Gasteiger partial charge in [0.25, 0.3) is 5.91 Å². The molecule has 0 aliphatic rings. The lowest BCUT2D eigenvalue weighted by atomic mass is 10.2. The van der Waals surface area contributed by atoms with E-state index in [9.17, 15) is 13.2 Å². The second-order valence-corrected chi connectivity index (χ2v) is 12.1. The Kier molecular flexibility index (Phi) is 8.78. The number of likely N-dealkylation sites (N-methyl/N-ethyl adjacent to an activating group) is 1. The maximum absolute atomic E-state index is 13.7. The van der Waals surface area contributed by atoms with Crippen LogP contribution in [0.25, 0.3) is 10.2 Å². The average Bonchev–Trinajstić information content (AvgIpc) is 3.34. The molecule has 0 bridgehead atoms. The molecular formula is C28H32N4O4S2. The number of fused-ring (bicyclic) bond motifs is 1. The lowest BCUT2D eigenvalue weighted by Gasteiger charge is -2.22. The molecule has 1 amide bonds. The van der Waals surface area contributed by atoms with E-state index in [1.165, 1.54) is 27.8 Å². The molecule has 1 aromatic heterocycles. The van der Waals surface area contributed by atoms with Crippen LogP contribution in [0.5, 0.6) is 5.75 Å². The van der Waals surface area contributed by atoms with Crippen molar-refractivity contribution in [2.45, 2.75) is 18.4 Å². The number of anilines is 1. The van der Waals surface area contributed by atoms with E-state index in [1.807, 2.05) is 74.4 Å². The summed E-state index contributed by atoms with van der Waals surface area (Å²) in [5.74, 6) is 0.437. The zero-order valence-corrected chi connectivity index (χ0v) is 23.6. The monoisotopic (exact) mass is 552 g/mol. The van der Waals surface area contributed by atoms with Crippen LogP contribution in [0, 0.1) is 0 Å². The summed E-state index contributed by atoms with van der Waals surface area (Å²) in [6, 6.07) is 21.2. The van der Waals surface area contributed by atoms with E-state index in [2.05, 4.69) is 0 Å². The lowest BCUT2D eigenvalue weighted by Crippen LogP contribution is -2.36. The number of benzene rings is 3. The summed E-state index contributed by atoms with van der Waals surface area (Å²) in [6.07, 6.45) is 0. The summed E-state index contributed by atoms with van der Waals surface area (Å²) >= 11 is 1.43. The minimum atomic E-state index is -3.72. The van der Waals surface area contributed by atoms with Crippen LogP contribution >= 0.6 is 11.3 Å². The van der Waals surface area contributed by atoms with Crippen LogP contribution in [0.3, 0.4) is 0 Å². The summed E-state index contributed by atoms with van der Waals surface area (Å²) in [6.45, 7) is 3.75. The number of sulfonamides is 1. The number of carbonyl (C=O) groups excluding carboxylic acids is 1. The van der Waals surface area contributed by atoms with E-state index in [0.29, 0.717) is 36.1 Å². The first-order chi connectivity index (χ1) is 18.2. The minimum Gasteiger partial charge on any atom is -0.492 e. The van der Waals surface area contributed by atoms with Gasteiger partial charge in [0.2, 0.25) is 10.0 Å². The number of hydrogen-bond donors (Lipinski definition) is 0. The molecule has 0 spiro atoms. The van der Waals surface area contributed by atoms with Gasteiger partial charge in [-0.05, 0) is 63.0 Å². The normalized spacial score (nSPS) is 11.8. The van der Waals surface area contributed by atoms with Gasteiger partial charge in [-0.2, -0.15) is 4.31 Å². The van der Waals surface area contributed by atoms with Crippen molar-refractivity contribution >= 4 is 42.6 Å². The molecule has 0 unspecified atom stereocenters. The fraction of sp³-hybridized carbons (Fsp3) is 0.286. The van der Waals surface area contributed by atoms with Crippen LogP contribution in [0.15, 0.2) is 77.7 Å². The van der Waals surface area contributed by atoms with Crippen LogP contribution in [-0.2, 0) is 16.6 Å². The van der Waals surface area contributed by atoms with Gasteiger partial charge in [-0.15, -0.1) is 0 Å². The van der Waals surface area contributed by atoms with Gasteiger partial charge in [0, 0.05) is 32.2 Å². The third-order valence-corrected chi connectivity index (χ3v) is 8.84. The standard InChI is InChI=1S/C28H32N4O4S2/c1-5-36-24-12-9-13-25-26(24)29-28(37-25)32(19-18-30(2)3)27(33)22-14-16-23(17-15-22)38(34,35)31(4)20-21-10-7-6-8-11-21/h6-17H,5,18-20H2,1-4H3. The molecule has 4 aromatic rings. The Bertz CT molecular complexity index is 1490. The third kappa shape index (κ3) is 6.21. The fourth-order valence-corrected chi connectivity index (χ4v) is 6.08. The molecule has 0 aliphatic heterocycles. The number of ether oxygens (including phenoxy) is 1. The molecule has 10 heteroatoms. The number of hydrogen-bond acceptors (Lipinski definition) is 7. The molecule has 0 saturated heterocycles. The first-order valence-electron chi connectivity index (χ1n) is 12.3. The molecule has 1 heterocycles. The van der Waals surface area contributed by atoms with Crippen LogP contribution in [-0.4, -0.2) is 69.4 Å². The summed E-state index contributed by atoms with van der Waals surface area (Å²) < 4.78 is 34.2. The topological polar surface area (TPSA) is 83.0 Å². The van der Waals surface area contributed by atoms with Crippen LogP contribution in [0.1, 0.15) is 22.8 Å². The Morgan fingerprint density at radius 3 is 2.29 bits per heavy atom. The maximum Gasteiger partial charge on any atom is 0.260 e. The van der Waals surface area contributed by atoms with Gasteiger partial charge in [-0.3, -0.25) is 9.69 Å². The largest absolute Gasteiger partial charge is 0.492 e. The molecular weight excluding hydrogens is 520 g/mol. The van der Waals surface area contributed by atoms with Gasteiger partial charge in [0.15, 0.2) is 5.13 Å². The molecule has 4 rings (SSSR count). The number of nitrogens with zero attached hydrogens (tertiary/aromatic N) is 4. The molecule has 0 atom stereocenters. The fourth-order valence-electron chi connectivity index (χ4n) is 3.91. The number of thiazole rings is 1. The molecule has 3 aromatic carbocycles. The highest BCUT2D eigenvalue weighted by atomic mass is 32.2. The highest BCUT2D eigenvalue weighted by molar-refractivity contribution is 7.89. The summed E-state index contributed by atoms with van der Waals surface area (Å²) in [5.41, 5.74) is 2.00. The first kappa shape index (κ1) is 27.7. The zero-order chi connectivity index (χ0) is 27.3. The van der Waals surface area contributed by atoms with Gasteiger partial charge in [0.1, 0.15) is 11.3 Å². The molecule has 0 saturated carbocycles. The lowest BCUT2D eigenvalue weighted by molar-refractivity contribution is 0.0985. The van der Waals surface area contributed by atoms with E-state index < -0.39 is 10.0 Å². The number of para-hydroxylation sites is 1. The van der Waals surface area contributed by atoms with E-state index in [4.69, 9.17) is 9.72 Å². The molecule has 0 aliphatic carbocycles. The predicted octanol–water partition coefficient (Wildman–Crippen LogP) is 4.72. The number of rotatable bonds is 11. The van der Waals surface area contributed by atoms with Crippen molar-refractivity contribution in [3.63, 3.8) is 0 Å². The van der Waals surface area contributed by atoms with Crippen molar-refractivity contribution in [2.24, 2.45) is 0 Å². The highest BCUT2D eigenvalue weighted by Crippen LogP contribution is 2.35. The van der Waals surface area contributed by atoms with Crippen LogP contribution in [0.2, 0.25) is 0 Å². The average molecular weight is 553 g/mol. The molecule has 0 N–H and O–H groups in total. The Morgan fingerprint density at radius 2 is 1.63 bits per heavy atom. The molecule has 38 heavy (non-hydrogen) atoms. The number of aromatic nitrogens is 1. The number of carbonyl (C=O) groups is 1. The van der Waals surface area contributed by atoms with Crippen LogP contribution < -0.4 is 9.64 Å². The van der Waals surface area contributed by atoms with Crippen molar-refractivity contribution in [1.82, 2.24) is 14.2 Å². The maximum atomic E-state index is 13.7. The van der Waals surface area contributed by atoms with Gasteiger partial charge in [-0.25, -0.2) is 13.4 Å². The van der Waals surface area contributed by atoms with Crippen molar-refractivity contribution in [3.8, 4) is 5.75 Å². The van der Waals surface area contributed by atoms with Gasteiger partial charge >= 0.3 is 0 Å². The van der Waals surface area contributed by atoms with Crippen molar-refractivity contribution in [3.05, 3.63) is 83.9 Å². The highest BCUT2D eigenvalue weighted by Gasteiger charge is 2.25. The Hall–Kier alpha value is -3.31. The minimum absolute atomic E-state index is 0.133. The van der Waals surface area contributed by atoms with E-state index in [-0.39, 0.29) is 17.3 Å². The Balaban J connectivity index is 1.60. The SMILES string of the molecule is CCOc1cccc2sc(N(CCN(C)C)C(=O)c3ccc(S(=O)(=O)N(C)Cc4ccccc4)cc3)nc12. The zero-order valence-electron chi connectivity index (χ0n) is 22.0. The molecule has 0 fully saturated rings. The quantitative estimate of drug-likeness (QED) is 0.268. The van der Waals surface area contributed by atoms with E-state index in [0.717, 1.165) is 15.8 Å². The van der Waals surface area contributed by atoms with Crippen LogP contribution in [0.4, 0.5) is 5.13 Å². The van der Waals surface area contributed by atoms with E-state index in [1.54, 1.807) is 24.1 Å². The van der Waals surface area contributed by atoms with Gasteiger partial charge < -0.3 is 9.64 Å². The van der Waals surface area contributed by atoms with Gasteiger partial charge in [-0.1, -0.05) is 47.7 Å². The smallest absolute Gasteiger partial charge is 0.260 e. The van der Waals surface area contributed by atoms with Crippen molar-refractivity contribution in [2.75, 3.05) is 45.7 Å². The third-order valence-electron chi connectivity index (χ3n) is 5.97. The van der Waals surface area contributed by atoms with Crippen molar-refractivity contribution < 1.29 is 17.9 Å². The van der Waals surface area contributed by atoms with Gasteiger partial charge in [0.05, 0.1) is 16.2 Å². The number of amides is 1. The second kappa shape index (κ2) is 12.0. The predicted molar refractivity (Wildman–Crippen MR) is 153 cm³/mol. The first-order valence-corrected chi connectivity index (χ1v) is 14.6.